The second-order valence-corrected chi connectivity index (χ2v) is 4.56. The Balaban J connectivity index is 0. The summed E-state index contributed by atoms with van der Waals surface area (Å²) in [7, 11) is -1.20. The van der Waals surface area contributed by atoms with Gasteiger partial charge in [0, 0.05) is 20.8 Å². The third kappa shape index (κ3) is 10.3. The highest BCUT2D eigenvalue weighted by Crippen LogP contribution is 2.42. The first kappa shape index (κ1) is 22.1. The summed E-state index contributed by atoms with van der Waals surface area (Å²) in [6, 6.07) is 4.73. The van der Waals surface area contributed by atoms with Gasteiger partial charge in [-0.3, -0.25) is 9.79 Å². The lowest BCUT2D eigenvalue weighted by molar-refractivity contribution is 0.276. The van der Waals surface area contributed by atoms with Crippen LogP contribution in [0.5, 0.6) is 11.5 Å². The third-order valence-electron chi connectivity index (χ3n) is 2.07. The zero-order valence-electron chi connectivity index (χ0n) is 12.3. The summed E-state index contributed by atoms with van der Waals surface area (Å²) in [4.78, 5) is 17.4. The Hall–Kier alpha value is -1.15. The van der Waals surface area contributed by atoms with Crippen molar-refractivity contribution in [1.29, 1.82) is 0 Å². The molecule has 0 radical (unpaired) electrons. The van der Waals surface area contributed by atoms with Gasteiger partial charge < -0.3 is 24.6 Å². The van der Waals surface area contributed by atoms with Crippen LogP contribution in [0, 0.1) is 0 Å². The van der Waals surface area contributed by atoms with Crippen LogP contribution < -0.4 is 9.26 Å². The van der Waals surface area contributed by atoms with Crippen molar-refractivity contribution in [2.45, 2.75) is 12.8 Å². The molecule has 1 rings (SSSR count). The molecule has 0 atom stereocenters. The molecular formula is C12H23O8P. The Morgan fingerprint density at radius 3 is 2.10 bits per heavy atom. The molecule has 0 unspecified atom stereocenters. The van der Waals surface area contributed by atoms with E-state index in [4.69, 9.17) is 29.8 Å². The minimum Gasteiger partial charge on any atom is -0.493 e. The van der Waals surface area contributed by atoms with Gasteiger partial charge in [0.25, 0.3) is 0 Å². The van der Waals surface area contributed by atoms with E-state index in [9.17, 15) is 4.57 Å². The Morgan fingerprint density at radius 2 is 1.67 bits per heavy atom. The molecular weight excluding hydrogens is 303 g/mol. The predicted octanol–water partition coefficient (Wildman–Crippen LogP) is 0.309. The number of benzene rings is 1. The minimum absolute atomic E-state index is 0.00594. The van der Waals surface area contributed by atoms with Gasteiger partial charge in [-0.1, -0.05) is 6.07 Å². The number of hydrogen-bond acceptors (Lipinski definition) is 6. The molecule has 0 aromatic heterocycles. The van der Waals surface area contributed by atoms with E-state index in [0.717, 1.165) is 19.8 Å². The first-order chi connectivity index (χ1) is 9.96. The van der Waals surface area contributed by atoms with Crippen molar-refractivity contribution in [1.82, 2.24) is 0 Å². The maximum Gasteiger partial charge on any atom is 0.524 e. The molecule has 1 aromatic carbocycles. The molecule has 8 nitrogen and oxygen atoms in total. The van der Waals surface area contributed by atoms with Crippen molar-refractivity contribution in [3.05, 3.63) is 23.8 Å². The number of ether oxygens (including phenoxy) is 1. The first-order valence-electron chi connectivity index (χ1n) is 5.88. The molecule has 0 aliphatic rings. The van der Waals surface area contributed by atoms with Gasteiger partial charge in [-0.15, -0.1) is 0 Å². The fraction of sp³-hybridized carbons (Fsp3) is 0.500. The van der Waals surface area contributed by atoms with E-state index in [1.807, 2.05) is 0 Å². The molecule has 1 aromatic rings. The number of rotatable bonds is 6. The van der Waals surface area contributed by atoms with Crippen molar-refractivity contribution in [3.8, 4) is 11.5 Å². The monoisotopic (exact) mass is 326 g/mol. The van der Waals surface area contributed by atoms with Crippen molar-refractivity contribution in [3.63, 3.8) is 0 Å². The van der Waals surface area contributed by atoms with E-state index in [1.54, 1.807) is 12.1 Å². The molecule has 0 amide bonds. The normalized spacial score (nSPS) is 9.71. The summed E-state index contributed by atoms with van der Waals surface area (Å²) < 4.78 is 20.2. The van der Waals surface area contributed by atoms with E-state index in [1.165, 1.54) is 13.2 Å². The van der Waals surface area contributed by atoms with Crippen LogP contribution in [-0.4, -0.2) is 53.0 Å². The third-order valence-corrected chi connectivity index (χ3v) is 2.50. The van der Waals surface area contributed by atoms with Gasteiger partial charge in [0.15, 0.2) is 11.5 Å². The lowest BCUT2D eigenvalue weighted by Gasteiger charge is -2.12. The number of methoxy groups -OCH3 is 1. The SMILES string of the molecule is CO.CO.COc1cc(CCCO)ccc1OP(=O)(O)O. The minimum atomic E-state index is -4.58. The zero-order valence-corrected chi connectivity index (χ0v) is 13.2. The van der Waals surface area contributed by atoms with Gasteiger partial charge in [-0.25, -0.2) is 4.57 Å². The molecule has 0 bridgehead atoms. The molecule has 21 heavy (non-hydrogen) atoms. The van der Waals surface area contributed by atoms with Crippen molar-refractivity contribution >= 4 is 7.82 Å². The van der Waals surface area contributed by atoms with Gasteiger partial charge >= 0.3 is 7.82 Å². The highest BCUT2D eigenvalue weighted by Gasteiger charge is 2.19. The molecule has 0 aliphatic carbocycles. The number of phosphoric ester groups is 1. The molecule has 0 saturated heterocycles. The van der Waals surface area contributed by atoms with Crippen LogP contribution >= 0.6 is 7.82 Å². The lowest BCUT2D eigenvalue weighted by atomic mass is 10.1. The quantitative estimate of drug-likeness (QED) is 0.471. The van der Waals surface area contributed by atoms with E-state index < -0.39 is 7.82 Å². The second kappa shape index (κ2) is 12.6. The van der Waals surface area contributed by atoms with E-state index in [2.05, 4.69) is 4.52 Å². The van der Waals surface area contributed by atoms with Gasteiger partial charge in [-0.05, 0) is 30.5 Å². The number of aliphatic hydroxyl groups is 3. The van der Waals surface area contributed by atoms with Crippen LogP contribution in [0.15, 0.2) is 18.2 Å². The van der Waals surface area contributed by atoms with E-state index in [-0.39, 0.29) is 18.1 Å². The average Bonchev–Trinajstić information content (AvgIpc) is 2.49. The largest absolute Gasteiger partial charge is 0.524 e. The summed E-state index contributed by atoms with van der Waals surface area (Å²) >= 11 is 0. The maximum atomic E-state index is 10.7. The standard InChI is InChI=1S/C10H15O6P.2CH4O/c1-15-10-7-8(3-2-6-11)4-5-9(10)16-17(12,13)14;2*1-2/h4-5,7,11H,2-3,6H2,1H3,(H2,12,13,14);2*2H,1H3. The zero-order chi connectivity index (χ0) is 16.9. The number of aryl methyl sites for hydroxylation is 1. The molecule has 0 saturated carbocycles. The van der Waals surface area contributed by atoms with Crippen LogP contribution in [0.1, 0.15) is 12.0 Å². The Morgan fingerprint density at radius 1 is 1.10 bits per heavy atom. The van der Waals surface area contributed by atoms with E-state index in [0.29, 0.717) is 12.8 Å². The summed E-state index contributed by atoms with van der Waals surface area (Å²) in [5, 5.41) is 22.7. The van der Waals surface area contributed by atoms with Crippen LogP contribution in [0.2, 0.25) is 0 Å². The van der Waals surface area contributed by atoms with Crippen LogP contribution in [-0.2, 0) is 11.0 Å². The lowest BCUT2D eigenvalue weighted by Crippen LogP contribution is -1.96. The van der Waals surface area contributed by atoms with Crippen molar-refractivity contribution in [2.75, 3.05) is 27.9 Å². The molecule has 0 aliphatic heterocycles. The number of hydrogen-bond donors (Lipinski definition) is 5. The highest BCUT2D eigenvalue weighted by atomic mass is 31.2. The molecule has 0 spiro atoms. The molecule has 5 N–H and O–H groups in total. The first-order valence-corrected chi connectivity index (χ1v) is 7.41. The van der Waals surface area contributed by atoms with Crippen molar-refractivity contribution < 1.29 is 38.9 Å². The molecule has 124 valence electrons. The van der Waals surface area contributed by atoms with Gasteiger partial charge in [0.05, 0.1) is 7.11 Å². The second-order valence-electron chi connectivity index (χ2n) is 3.39. The van der Waals surface area contributed by atoms with Gasteiger partial charge in [-0.2, -0.15) is 0 Å². The highest BCUT2D eigenvalue weighted by molar-refractivity contribution is 7.46. The molecule has 0 heterocycles. The topological polar surface area (TPSA) is 137 Å². The Labute approximate surface area is 123 Å². The van der Waals surface area contributed by atoms with E-state index >= 15 is 0 Å². The molecule has 0 fully saturated rings. The summed E-state index contributed by atoms with van der Waals surface area (Å²) in [6.07, 6.45) is 1.27. The van der Waals surface area contributed by atoms with Gasteiger partial charge in [0.1, 0.15) is 0 Å². The fourth-order valence-electron chi connectivity index (χ4n) is 1.35. The molecule has 9 heteroatoms. The average molecular weight is 326 g/mol. The number of aliphatic hydroxyl groups excluding tert-OH is 3. The van der Waals surface area contributed by atoms with Crippen LogP contribution in [0.4, 0.5) is 0 Å². The van der Waals surface area contributed by atoms with Crippen molar-refractivity contribution in [2.24, 2.45) is 0 Å². The summed E-state index contributed by atoms with van der Waals surface area (Å²) in [6.45, 7) is 0.0864. The maximum absolute atomic E-state index is 10.7. The van der Waals surface area contributed by atoms with Crippen LogP contribution in [0.25, 0.3) is 0 Å². The summed E-state index contributed by atoms with van der Waals surface area (Å²) in [5.74, 6) is 0.248. The predicted molar refractivity (Wildman–Crippen MR) is 77.4 cm³/mol. The smallest absolute Gasteiger partial charge is 0.493 e. The summed E-state index contributed by atoms with van der Waals surface area (Å²) in [5.41, 5.74) is 0.897. The van der Waals surface area contributed by atoms with Gasteiger partial charge in [0.2, 0.25) is 0 Å². The number of phosphoric acid groups is 1. The Bertz CT molecular complexity index is 418. The Kier molecular flexibility index (Phi) is 13.3. The van der Waals surface area contributed by atoms with Crippen LogP contribution in [0.3, 0.4) is 0 Å². The fourth-order valence-corrected chi connectivity index (χ4v) is 1.76.